The third-order valence-electron chi connectivity index (χ3n) is 7.46. The Bertz CT molecular complexity index is 1420. The second-order valence-electron chi connectivity index (χ2n) is 9.69. The van der Waals surface area contributed by atoms with Gasteiger partial charge in [0.15, 0.2) is 0 Å². The van der Waals surface area contributed by atoms with Crippen molar-refractivity contribution in [2.24, 2.45) is 0 Å². The number of hydrogen-bond acceptors (Lipinski definition) is 5. The van der Waals surface area contributed by atoms with Crippen molar-refractivity contribution >= 4 is 27.7 Å². The van der Waals surface area contributed by atoms with Crippen LogP contribution in [0.5, 0.6) is 0 Å². The Kier molecular flexibility index (Phi) is 5.72. The number of nitrogens with zero attached hydrogens (tertiary/aromatic N) is 4. The summed E-state index contributed by atoms with van der Waals surface area (Å²) in [6.07, 6.45) is 3.24. The van der Waals surface area contributed by atoms with Gasteiger partial charge in [0.05, 0.1) is 29.4 Å². The number of aromatic nitrogens is 3. The normalized spacial score (nSPS) is 18.5. The van der Waals surface area contributed by atoms with Gasteiger partial charge in [-0.2, -0.15) is 10.4 Å². The SMILES string of the molecule is N#Cc1ccc2c(-c3cc4c(CN5CCC(N6CCCNC(=O)C6)CC5)cccc4[nH]3)n[nH]c2c1. The fraction of sp³-hybridized carbons (Fsp3) is 0.370. The fourth-order valence-corrected chi connectivity index (χ4v) is 5.60. The quantitative estimate of drug-likeness (QED) is 0.427. The van der Waals surface area contributed by atoms with Gasteiger partial charge in [0.1, 0.15) is 5.69 Å². The molecule has 2 saturated heterocycles. The number of aromatic amines is 2. The molecule has 8 heteroatoms. The van der Waals surface area contributed by atoms with E-state index in [1.54, 1.807) is 0 Å². The minimum atomic E-state index is 0.162. The monoisotopic (exact) mass is 467 g/mol. The van der Waals surface area contributed by atoms with E-state index in [0.717, 1.165) is 79.8 Å². The third-order valence-corrected chi connectivity index (χ3v) is 7.46. The molecule has 0 spiro atoms. The molecule has 0 aliphatic carbocycles. The highest BCUT2D eigenvalue weighted by atomic mass is 16.2. The summed E-state index contributed by atoms with van der Waals surface area (Å²) in [5, 5.41) is 22.0. The van der Waals surface area contributed by atoms with E-state index in [9.17, 15) is 10.1 Å². The Morgan fingerprint density at radius 2 is 1.94 bits per heavy atom. The van der Waals surface area contributed by atoms with Crippen molar-refractivity contribution in [3.63, 3.8) is 0 Å². The number of piperidine rings is 1. The molecule has 0 bridgehead atoms. The Balaban J connectivity index is 1.19. The van der Waals surface area contributed by atoms with Crippen LogP contribution in [0, 0.1) is 11.3 Å². The lowest BCUT2D eigenvalue weighted by Gasteiger charge is -2.37. The molecular formula is C27H29N7O. The lowest BCUT2D eigenvalue weighted by atomic mass is 10.0. The predicted octanol–water partition coefficient (Wildman–Crippen LogP) is 3.37. The van der Waals surface area contributed by atoms with E-state index in [4.69, 9.17) is 0 Å². The number of carbonyl (C=O) groups is 1. The minimum Gasteiger partial charge on any atom is -0.355 e. The molecule has 178 valence electrons. The van der Waals surface area contributed by atoms with Crippen LogP contribution < -0.4 is 5.32 Å². The molecule has 0 saturated carbocycles. The van der Waals surface area contributed by atoms with Gasteiger partial charge in [-0.25, -0.2) is 0 Å². The Morgan fingerprint density at radius 3 is 2.80 bits per heavy atom. The second-order valence-corrected chi connectivity index (χ2v) is 9.69. The summed E-state index contributed by atoms with van der Waals surface area (Å²) in [6, 6.07) is 16.9. The van der Waals surface area contributed by atoms with Gasteiger partial charge in [-0.05, 0) is 68.2 Å². The maximum Gasteiger partial charge on any atom is 0.234 e. The first-order valence-electron chi connectivity index (χ1n) is 12.4. The molecule has 2 aliphatic rings. The van der Waals surface area contributed by atoms with Crippen molar-refractivity contribution in [1.29, 1.82) is 5.26 Å². The van der Waals surface area contributed by atoms with Crippen molar-refractivity contribution in [2.75, 3.05) is 32.7 Å². The summed E-state index contributed by atoms with van der Waals surface area (Å²) >= 11 is 0. The van der Waals surface area contributed by atoms with Gasteiger partial charge < -0.3 is 10.3 Å². The molecule has 35 heavy (non-hydrogen) atoms. The minimum absolute atomic E-state index is 0.162. The molecule has 2 aromatic heterocycles. The zero-order valence-electron chi connectivity index (χ0n) is 19.7. The van der Waals surface area contributed by atoms with Crippen LogP contribution in [0.25, 0.3) is 33.2 Å². The van der Waals surface area contributed by atoms with Crippen LogP contribution in [0.2, 0.25) is 0 Å². The fourth-order valence-electron chi connectivity index (χ4n) is 5.60. The number of H-pyrrole nitrogens is 2. The van der Waals surface area contributed by atoms with Crippen molar-refractivity contribution in [3.05, 3.63) is 53.6 Å². The molecule has 0 atom stereocenters. The number of nitrogens with one attached hydrogen (secondary N) is 3. The number of nitriles is 1. The van der Waals surface area contributed by atoms with Crippen LogP contribution in [0.1, 0.15) is 30.4 Å². The van der Waals surface area contributed by atoms with Gasteiger partial charge in [-0.3, -0.25) is 19.7 Å². The van der Waals surface area contributed by atoms with Crippen LogP contribution in [0.4, 0.5) is 0 Å². The number of rotatable bonds is 4. The highest BCUT2D eigenvalue weighted by Crippen LogP contribution is 2.31. The number of fused-ring (bicyclic) bond motifs is 2. The number of likely N-dealkylation sites (tertiary alicyclic amines) is 1. The van der Waals surface area contributed by atoms with Gasteiger partial charge in [0.25, 0.3) is 0 Å². The van der Waals surface area contributed by atoms with Gasteiger partial charge in [0, 0.05) is 42.0 Å². The highest BCUT2D eigenvalue weighted by molar-refractivity contribution is 5.96. The molecule has 4 heterocycles. The van der Waals surface area contributed by atoms with E-state index in [1.807, 2.05) is 18.2 Å². The molecule has 8 nitrogen and oxygen atoms in total. The average molecular weight is 468 g/mol. The summed E-state index contributed by atoms with van der Waals surface area (Å²) < 4.78 is 0. The lowest BCUT2D eigenvalue weighted by Crippen LogP contribution is -2.46. The summed E-state index contributed by atoms with van der Waals surface area (Å²) in [4.78, 5) is 20.4. The standard InChI is InChI=1S/C27H29N7O/c28-15-18-5-6-21-24(13-18)31-32-27(21)25-14-22-19(3-1-4-23(22)30-25)16-33-11-7-20(8-12-33)34-10-2-9-29-26(35)17-34/h1,3-6,13-14,20,30H,2,7-12,16-17H2,(H,29,35)(H,31,32). The van der Waals surface area contributed by atoms with Crippen LogP contribution in [0.15, 0.2) is 42.5 Å². The van der Waals surface area contributed by atoms with Crippen LogP contribution >= 0.6 is 0 Å². The smallest absolute Gasteiger partial charge is 0.234 e. The largest absolute Gasteiger partial charge is 0.355 e. The van der Waals surface area contributed by atoms with Gasteiger partial charge in [-0.1, -0.05) is 12.1 Å². The van der Waals surface area contributed by atoms with Gasteiger partial charge in [0.2, 0.25) is 5.91 Å². The number of hydrogen-bond donors (Lipinski definition) is 3. The molecule has 2 aliphatic heterocycles. The van der Waals surface area contributed by atoms with Gasteiger partial charge in [-0.15, -0.1) is 0 Å². The molecule has 0 radical (unpaired) electrons. The van der Waals surface area contributed by atoms with Crippen molar-refractivity contribution in [1.82, 2.24) is 30.3 Å². The molecule has 2 fully saturated rings. The molecule has 2 aromatic carbocycles. The van der Waals surface area contributed by atoms with E-state index in [1.165, 1.54) is 10.9 Å². The van der Waals surface area contributed by atoms with Crippen molar-refractivity contribution < 1.29 is 4.79 Å². The zero-order chi connectivity index (χ0) is 23.8. The lowest BCUT2D eigenvalue weighted by molar-refractivity contribution is -0.122. The molecule has 4 aromatic rings. The average Bonchev–Trinajstić information content (AvgIpc) is 3.44. The molecule has 1 amide bonds. The van der Waals surface area contributed by atoms with E-state index < -0.39 is 0 Å². The Morgan fingerprint density at radius 1 is 1.06 bits per heavy atom. The van der Waals surface area contributed by atoms with E-state index in [-0.39, 0.29) is 5.91 Å². The van der Waals surface area contributed by atoms with Crippen LogP contribution in [0.3, 0.4) is 0 Å². The number of carbonyl (C=O) groups excluding carboxylic acids is 1. The van der Waals surface area contributed by atoms with Crippen molar-refractivity contribution in [2.45, 2.75) is 31.8 Å². The first-order chi connectivity index (χ1) is 17.2. The number of amides is 1. The van der Waals surface area contributed by atoms with E-state index >= 15 is 0 Å². The topological polar surface area (TPSA) is 104 Å². The number of benzene rings is 2. The maximum absolute atomic E-state index is 12.0. The van der Waals surface area contributed by atoms with Crippen LogP contribution in [-0.4, -0.2) is 69.7 Å². The third kappa shape index (κ3) is 4.29. The Hall–Kier alpha value is -3.67. The molecule has 3 N–H and O–H groups in total. The maximum atomic E-state index is 12.0. The van der Waals surface area contributed by atoms with E-state index in [2.05, 4.69) is 60.6 Å². The second kappa shape index (κ2) is 9.17. The molecular weight excluding hydrogens is 438 g/mol. The zero-order valence-corrected chi connectivity index (χ0v) is 19.7. The summed E-state index contributed by atoms with van der Waals surface area (Å²) in [6.45, 7) is 5.34. The summed E-state index contributed by atoms with van der Waals surface area (Å²) in [7, 11) is 0. The molecule has 0 unspecified atom stereocenters. The Labute approximate surface area is 203 Å². The first kappa shape index (κ1) is 21.8. The summed E-state index contributed by atoms with van der Waals surface area (Å²) in [5.74, 6) is 0.162. The predicted molar refractivity (Wildman–Crippen MR) is 136 cm³/mol. The van der Waals surface area contributed by atoms with Crippen LogP contribution in [-0.2, 0) is 11.3 Å². The highest BCUT2D eigenvalue weighted by Gasteiger charge is 2.27. The molecule has 6 rings (SSSR count). The first-order valence-corrected chi connectivity index (χ1v) is 12.4. The van der Waals surface area contributed by atoms with E-state index in [0.29, 0.717) is 18.2 Å². The summed E-state index contributed by atoms with van der Waals surface area (Å²) in [5.41, 5.74) is 5.74. The van der Waals surface area contributed by atoms with Gasteiger partial charge >= 0.3 is 0 Å². The van der Waals surface area contributed by atoms with Crippen molar-refractivity contribution in [3.8, 4) is 17.5 Å².